The van der Waals surface area contributed by atoms with Gasteiger partial charge in [0, 0.05) is 19.6 Å². The van der Waals surface area contributed by atoms with Gasteiger partial charge in [-0.15, -0.1) is 0 Å². The van der Waals surface area contributed by atoms with E-state index in [9.17, 15) is 9.90 Å². The van der Waals surface area contributed by atoms with Gasteiger partial charge in [0.05, 0.1) is 25.2 Å². The third-order valence-corrected chi connectivity index (χ3v) is 3.09. The maximum Gasteiger partial charge on any atom is 0.222 e. The van der Waals surface area contributed by atoms with Gasteiger partial charge in [-0.05, 0) is 18.8 Å². The van der Waals surface area contributed by atoms with Gasteiger partial charge < -0.3 is 20.5 Å². The van der Waals surface area contributed by atoms with E-state index in [1.807, 2.05) is 0 Å². The van der Waals surface area contributed by atoms with Crippen LogP contribution in [0.2, 0.25) is 0 Å². The summed E-state index contributed by atoms with van der Waals surface area (Å²) in [6.07, 6.45) is 2.17. The largest absolute Gasteiger partial charge is 0.391 e. The molecule has 1 aliphatic heterocycles. The number of aliphatic hydroxyl groups is 1. The molecule has 0 spiro atoms. The Kier molecular flexibility index (Phi) is 4.15. The van der Waals surface area contributed by atoms with Crippen molar-refractivity contribution in [1.82, 2.24) is 10.6 Å². The van der Waals surface area contributed by atoms with Gasteiger partial charge >= 0.3 is 0 Å². The van der Waals surface area contributed by atoms with Crippen LogP contribution < -0.4 is 10.6 Å². The standard InChI is InChI=1S/C11H20N2O3/c14-10(8-1-2-8)7-13-11(15)5-9-6-12-3-4-16-9/h8-10,12,14H,1-7H2,(H,13,15). The summed E-state index contributed by atoms with van der Waals surface area (Å²) in [4.78, 5) is 11.5. The monoisotopic (exact) mass is 228 g/mol. The number of hydrogen-bond donors (Lipinski definition) is 3. The zero-order valence-electron chi connectivity index (χ0n) is 9.45. The molecule has 2 aliphatic rings. The molecule has 1 heterocycles. The molecule has 92 valence electrons. The van der Waals surface area contributed by atoms with Crippen LogP contribution in [0.25, 0.3) is 0 Å². The van der Waals surface area contributed by atoms with E-state index in [0.717, 1.165) is 25.9 Å². The molecule has 5 nitrogen and oxygen atoms in total. The Labute approximate surface area is 95.5 Å². The zero-order valence-corrected chi connectivity index (χ0v) is 9.45. The molecule has 2 rings (SSSR count). The number of ether oxygens (including phenoxy) is 1. The number of hydrogen-bond acceptors (Lipinski definition) is 4. The van der Waals surface area contributed by atoms with E-state index in [2.05, 4.69) is 10.6 Å². The Morgan fingerprint density at radius 1 is 1.56 bits per heavy atom. The second-order valence-electron chi connectivity index (χ2n) is 4.61. The van der Waals surface area contributed by atoms with Crippen LogP contribution in [0.3, 0.4) is 0 Å². The predicted octanol–water partition coefficient (Wildman–Crippen LogP) is -0.748. The lowest BCUT2D eigenvalue weighted by Crippen LogP contribution is -2.42. The summed E-state index contributed by atoms with van der Waals surface area (Å²) >= 11 is 0. The highest BCUT2D eigenvalue weighted by Gasteiger charge is 2.29. The van der Waals surface area contributed by atoms with Gasteiger partial charge in [-0.25, -0.2) is 0 Å². The molecule has 0 aromatic rings. The van der Waals surface area contributed by atoms with Gasteiger partial charge in [0.1, 0.15) is 0 Å². The minimum absolute atomic E-state index is 0.0215. The molecule has 1 aliphatic carbocycles. The summed E-state index contributed by atoms with van der Waals surface area (Å²) in [5, 5.41) is 15.5. The summed E-state index contributed by atoms with van der Waals surface area (Å²) in [6, 6.07) is 0. The quantitative estimate of drug-likeness (QED) is 0.579. The first-order valence-electron chi connectivity index (χ1n) is 6.03. The number of carbonyl (C=O) groups excluding carboxylic acids is 1. The van der Waals surface area contributed by atoms with Crippen molar-refractivity contribution in [2.24, 2.45) is 5.92 Å². The molecule has 3 N–H and O–H groups in total. The third-order valence-electron chi connectivity index (χ3n) is 3.09. The molecular formula is C11H20N2O3. The molecule has 1 saturated carbocycles. The number of rotatable bonds is 5. The van der Waals surface area contributed by atoms with Crippen LogP contribution in [0.4, 0.5) is 0 Å². The molecule has 0 aromatic heterocycles. The second-order valence-corrected chi connectivity index (χ2v) is 4.61. The molecule has 1 saturated heterocycles. The summed E-state index contributed by atoms with van der Waals surface area (Å²) in [6.45, 7) is 2.64. The topological polar surface area (TPSA) is 70.6 Å². The first-order valence-corrected chi connectivity index (χ1v) is 6.03. The van der Waals surface area contributed by atoms with Crippen LogP contribution in [0.15, 0.2) is 0 Å². The van der Waals surface area contributed by atoms with Crippen molar-refractivity contribution in [3.63, 3.8) is 0 Å². The van der Waals surface area contributed by atoms with Crippen molar-refractivity contribution in [3.05, 3.63) is 0 Å². The van der Waals surface area contributed by atoms with Crippen molar-refractivity contribution in [3.8, 4) is 0 Å². The van der Waals surface area contributed by atoms with Gasteiger partial charge in [-0.3, -0.25) is 4.79 Å². The van der Waals surface area contributed by atoms with Crippen LogP contribution in [-0.2, 0) is 9.53 Å². The molecule has 0 radical (unpaired) electrons. The van der Waals surface area contributed by atoms with Crippen LogP contribution in [-0.4, -0.2) is 49.5 Å². The number of nitrogens with one attached hydrogen (secondary N) is 2. The van der Waals surface area contributed by atoms with E-state index in [-0.39, 0.29) is 18.1 Å². The Morgan fingerprint density at radius 3 is 3.00 bits per heavy atom. The van der Waals surface area contributed by atoms with Crippen molar-refractivity contribution >= 4 is 5.91 Å². The summed E-state index contributed by atoms with van der Waals surface area (Å²) in [5.41, 5.74) is 0. The van der Waals surface area contributed by atoms with Crippen molar-refractivity contribution in [2.45, 2.75) is 31.5 Å². The predicted molar refractivity (Wildman–Crippen MR) is 59.0 cm³/mol. The van der Waals surface area contributed by atoms with E-state index in [0.29, 0.717) is 25.5 Å². The zero-order chi connectivity index (χ0) is 11.4. The van der Waals surface area contributed by atoms with Crippen LogP contribution in [0.5, 0.6) is 0 Å². The Bertz CT molecular complexity index is 237. The molecule has 1 amide bonds. The maximum atomic E-state index is 11.5. The fourth-order valence-corrected chi connectivity index (χ4v) is 1.90. The molecule has 0 aromatic carbocycles. The lowest BCUT2D eigenvalue weighted by atomic mass is 10.2. The van der Waals surface area contributed by atoms with Crippen LogP contribution in [0.1, 0.15) is 19.3 Å². The lowest BCUT2D eigenvalue weighted by Gasteiger charge is -2.23. The molecule has 2 unspecified atom stereocenters. The van der Waals surface area contributed by atoms with E-state index in [1.54, 1.807) is 0 Å². The van der Waals surface area contributed by atoms with Crippen molar-refractivity contribution < 1.29 is 14.6 Å². The molecule has 5 heteroatoms. The number of morpholine rings is 1. The minimum Gasteiger partial charge on any atom is -0.391 e. The third kappa shape index (κ3) is 3.73. The van der Waals surface area contributed by atoms with E-state index >= 15 is 0 Å². The Hall–Kier alpha value is -0.650. The number of aliphatic hydroxyl groups excluding tert-OH is 1. The SMILES string of the molecule is O=C(CC1CNCCO1)NCC(O)C1CC1. The van der Waals surface area contributed by atoms with Gasteiger partial charge in [-0.2, -0.15) is 0 Å². The van der Waals surface area contributed by atoms with Crippen LogP contribution >= 0.6 is 0 Å². The highest BCUT2D eigenvalue weighted by molar-refractivity contribution is 5.76. The summed E-state index contributed by atoms with van der Waals surface area (Å²) in [5.74, 6) is 0.376. The van der Waals surface area contributed by atoms with Gasteiger partial charge in [0.15, 0.2) is 0 Å². The van der Waals surface area contributed by atoms with Crippen LogP contribution in [0, 0.1) is 5.92 Å². The van der Waals surface area contributed by atoms with Crippen molar-refractivity contribution in [1.29, 1.82) is 0 Å². The molecule has 2 fully saturated rings. The first-order chi connectivity index (χ1) is 7.75. The van der Waals surface area contributed by atoms with E-state index < -0.39 is 0 Å². The number of amides is 1. The average molecular weight is 228 g/mol. The van der Waals surface area contributed by atoms with E-state index in [4.69, 9.17) is 4.74 Å². The van der Waals surface area contributed by atoms with Crippen molar-refractivity contribution in [2.75, 3.05) is 26.2 Å². The number of carbonyl (C=O) groups is 1. The second kappa shape index (κ2) is 5.61. The van der Waals surface area contributed by atoms with Gasteiger partial charge in [0.25, 0.3) is 0 Å². The highest BCUT2D eigenvalue weighted by atomic mass is 16.5. The fraction of sp³-hybridized carbons (Fsp3) is 0.909. The average Bonchev–Trinajstić information content (AvgIpc) is 3.11. The van der Waals surface area contributed by atoms with Gasteiger partial charge in [-0.1, -0.05) is 0 Å². The summed E-state index contributed by atoms with van der Waals surface area (Å²) < 4.78 is 5.43. The normalized spacial score (nSPS) is 27.4. The van der Waals surface area contributed by atoms with Gasteiger partial charge in [0.2, 0.25) is 5.91 Å². The molecular weight excluding hydrogens is 208 g/mol. The Morgan fingerprint density at radius 2 is 2.38 bits per heavy atom. The lowest BCUT2D eigenvalue weighted by molar-refractivity contribution is -0.125. The first kappa shape index (κ1) is 11.8. The molecule has 2 atom stereocenters. The Balaban J connectivity index is 1.59. The van der Waals surface area contributed by atoms with E-state index in [1.165, 1.54) is 0 Å². The molecule has 16 heavy (non-hydrogen) atoms. The smallest absolute Gasteiger partial charge is 0.222 e. The maximum absolute atomic E-state index is 11.5. The molecule has 0 bridgehead atoms. The fourth-order valence-electron chi connectivity index (χ4n) is 1.90. The summed E-state index contributed by atoms with van der Waals surface area (Å²) in [7, 11) is 0. The minimum atomic E-state index is -0.366. The highest BCUT2D eigenvalue weighted by Crippen LogP contribution is 2.32.